The number of hydrogen-bond donors (Lipinski definition) is 1. The fourth-order valence-corrected chi connectivity index (χ4v) is 3.27. The molecule has 4 rings (SSSR count). The first kappa shape index (κ1) is 20.7. The Morgan fingerprint density at radius 3 is 2.68 bits per heavy atom. The molecule has 0 aliphatic heterocycles. The maximum absolute atomic E-state index is 12.7. The minimum absolute atomic E-state index is 0.206. The topological polar surface area (TPSA) is 74.0 Å². The van der Waals surface area contributed by atoms with Crippen molar-refractivity contribution >= 4 is 23.2 Å². The van der Waals surface area contributed by atoms with Crippen LogP contribution in [0.5, 0.6) is 5.75 Å². The lowest BCUT2D eigenvalue weighted by atomic mass is 10.1. The van der Waals surface area contributed by atoms with Crippen LogP contribution in [0.4, 0.5) is 5.69 Å². The molecule has 158 valence electrons. The Morgan fingerprint density at radius 1 is 1.03 bits per heavy atom. The summed E-state index contributed by atoms with van der Waals surface area (Å²) in [7, 11) is 0. The van der Waals surface area contributed by atoms with Crippen molar-refractivity contribution in [3.05, 3.63) is 95.0 Å². The molecule has 0 bridgehead atoms. The molecule has 0 aliphatic rings. The molecule has 0 fully saturated rings. The van der Waals surface area contributed by atoms with Gasteiger partial charge in [0.05, 0.1) is 24.6 Å². The van der Waals surface area contributed by atoms with Crippen LogP contribution in [0.1, 0.15) is 28.4 Å². The molecular weight excluding hydrogens is 414 g/mol. The summed E-state index contributed by atoms with van der Waals surface area (Å²) in [6, 6.07) is 14.5. The summed E-state index contributed by atoms with van der Waals surface area (Å²) in [5.74, 6) is 0.474. The standard InChI is InChI=1S/C23H22ClN5O2/c1-2-28-13-18(11-25-28)14-29-15-21(12-26-29)27-23(30)19-6-3-5-17(9-19)16-31-22-8-4-7-20(24)10-22/h3-13,15H,2,14,16H2,1H3,(H,27,30). The molecule has 0 atom stereocenters. The molecule has 0 radical (unpaired) electrons. The number of benzene rings is 2. The van der Waals surface area contributed by atoms with E-state index in [9.17, 15) is 4.79 Å². The van der Waals surface area contributed by atoms with Crippen molar-refractivity contribution in [1.29, 1.82) is 0 Å². The van der Waals surface area contributed by atoms with Crippen molar-refractivity contribution in [2.75, 3.05) is 5.32 Å². The van der Waals surface area contributed by atoms with E-state index in [0.29, 0.717) is 35.2 Å². The molecule has 0 saturated carbocycles. The third-order valence-electron chi connectivity index (χ3n) is 4.64. The Morgan fingerprint density at radius 2 is 1.87 bits per heavy atom. The van der Waals surface area contributed by atoms with E-state index >= 15 is 0 Å². The highest BCUT2D eigenvalue weighted by Crippen LogP contribution is 2.19. The number of hydrogen-bond acceptors (Lipinski definition) is 4. The zero-order valence-electron chi connectivity index (χ0n) is 17.0. The molecule has 1 amide bonds. The summed E-state index contributed by atoms with van der Waals surface area (Å²) < 4.78 is 9.39. The molecule has 2 heterocycles. The summed E-state index contributed by atoms with van der Waals surface area (Å²) in [5.41, 5.74) is 3.11. The number of ether oxygens (including phenoxy) is 1. The van der Waals surface area contributed by atoms with Crippen LogP contribution in [0.25, 0.3) is 0 Å². The molecule has 0 saturated heterocycles. The third kappa shape index (κ3) is 5.52. The first-order chi connectivity index (χ1) is 15.1. The van der Waals surface area contributed by atoms with Crippen molar-refractivity contribution in [2.45, 2.75) is 26.6 Å². The molecular formula is C23H22ClN5O2. The van der Waals surface area contributed by atoms with Crippen LogP contribution in [-0.4, -0.2) is 25.5 Å². The van der Waals surface area contributed by atoms with Gasteiger partial charge in [0.1, 0.15) is 12.4 Å². The van der Waals surface area contributed by atoms with Crippen molar-refractivity contribution in [3.8, 4) is 5.75 Å². The summed E-state index contributed by atoms with van der Waals surface area (Å²) >= 11 is 5.98. The Kier molecular flexibility index (Phi) is 6.33. The van der Waals surface area contributed by atoms with Crippen LogP contribution >= 0.6 is 11.6 Å². The van der Waals surface area contributed by atoms with Gasteiger partial charge in [-0.15, -0.1) is 0 Å². The van der Waals surface area contributed by atoms with Crippen LogP contribution in [0.3, 0.4) is 0 Å². The fraction of sp³-hybridized carbons (Fsp3) is 0.174. The minimum atomic E-state index is -0.206. The van der Waals surface area contributed by atoms with Crippen molar-refractivity contribution in [2.24, 2.45) is 0 Å². The van der Waals surface area contributed by atoms with Gasteiger partial charge in [0, 0.05) is 35.1 Å². The highest BCUT2D eigenvalue weighted by Gasteiger charge is 2.09. The predicted molar refractivity (Wildman–Crippen MR) is 119 cm³/mol. The van der Waals surface area contributed by atoms with Crippen molar-refractivity contribution < 1.29 is 9.53 Å². The minimum Gasteiger partial charge on any atom is -0.489 e. The number of amides is 1. The smallest absolute Gasteiger partial charge is 0.255 e. The molecule has 0 spiro atoms. The average Bonchev–Trinajstić information content (AvgIpc) is 3.42. The number of carbonyl (C=O) groups excluding carboxylic acids is 1. The normalized spacial score (nSPS) is 10.8. The molecule has 0 unspecified atom stereocenters. The molecule has 0 aliphatic carbocycles. The molecule has 7 nitrogen and oxygen atoms in total. The van der Waals surface area contributed by atoms with Crippen molar-refractivity contribution in [1.82, 2.24) is 19.6 Å². The summed E-state index contributed by atoms with van der Waals surface area (Å²) in [5, 5.41) is 12.1. The van der Waals surface area contributed by atoms with Gasteiger partial charge in [-0.05, 0) is 42.8 Å². The molecule has 2 aromatic heterocycles. The Balaban J connectivity index is 1.36. The van der Waals surface area contributed by atoms with E-state index in [1.165, 1.54) is 0 Å². The van der Waals surface area contributed by atoms with Crippen LogP contribution in [0, 0.1) is 0 Å². The summed E-state index contributed by atoms with van der Waals surface area (Å²) in [6.45, 7) is 3.79. The Bertz CT molecular complexity index is 1180. The van der Waals surface area contributed by atoms with Gasteiger partial charge in [-0.25, -0.2) is 0 Å². The summed E-state index contributed by atoms with van der Waals surface area (Å²) in [4.78, 5) is 12.7. The second-order valence-electron chi connectivity index (χ2n) is 7.03. The molecule has 4 aromatic rings. The van der Waals surface area contributed by atoms with E-state index in [1.54, 1.807) is 35.3 Å². The number of carbonyl (C=O) groups is 1. The van der Waals surface area contributed by atoms with Gasteiger partial charge < -0.3 is 10.1 Å². The van der Waals surface area contributed by atoms with E-state index in [2.05, 4.69) is 15.5 Å². The van der Waals surface area contributed by atoms with Gasteiger partial charge in [-0.1, -0.05) is 29.8 Å². The Hall–Kier alpha value is -3.58. The number of aryl methyl sites for hydroxylation is 1. The van der Waals surface area contributed by atoms with Gasteiger partial charge in [0.2, 0.25) is 0 Å². The highest BCUT2D eigenvalue weighted by molar-refractivity contribution is 6.30. The molecule has 1 N–H and O–H groups in total. The maximum atomic E-state index is 12.7. The number of anilines is 1. The number of halogens is 1. The monoisotopic (exact) mass is 435 g/mol. The van der Waals surface area contributed by atoms with Crippen LogP contribution in [0.2, 0.25) is 5.02 Å². The quantitative estimate of drug-likeness (QED) is 0.437. The van der Waals surface area contributed by atoms with Crippen molar-refractivity contribution in [3.63, 3.8) is 0 Å². The van der Waals surface area contributed by atoms with Crippen LogP contribution in [0.15, 0.2) is 73.3 Å². The van der Waals surface area contributed by atoms with E-state index in [1.807, 2.05) is 54.3 Å². The number of nitrogens with one attached hydrogen (secondary N) is 1. The van der Waals surface area contributed by atoms with Gasteiger partial charge in [0.15, 0.2) is 0 Å². The zero-order chi connectivity index (χ0) is 21.6. The van der Waals surface area contributed by atoms with Gasteiger partial charge in [0.25, 0.3) is 5.91 Å². The second kappa shape index (κ2) is 9.49. The molecule has 31 heavy (non-hydrogen) atoms. The molecule has 8 heteroatoms. The predicted octanol–water partition coefficient (Wildman–Crippen LogP) is 4.63. The maximum Gasteiger partial charge on any atom is 0.255 e. The lowest BCUT2D eigenvalue weighted by molar-refractivity contribution is 0.102. The number of nitrogens with zero attached hydrogens (tertiary/aromatic N) is 4. The SMILES string of the molecule is CCn1cc(Cn2cc(NC(=O)c3cccc(COc4cccc(Cl)c4)c3)cn2)cn1. The lowest BCUT2D eigenvalue weighted by Gasteiger charge is -2.08. The summed E-state index contributed by atoms with van der Waals surface area (Å²) in [6.07, 6.45) is 7.23. The first-order valence-corrected chi connectivity index (χ1v) is 10.3. The highest BCUT2D eigenvalue weighted by atomic mass is 35.5. The van der Waals surface area contributed by atoms with Crippen LogP contribution < -0.4 is 10.1 Å². The Labute approximate surface area is 185 Å². The fourth-order valence-electron chi connectivity index (χ4n) is 3.09. The van der Waals surface area contributed by atoms with Gasteiger partial charge in [-0.3, -0.25) is 14.2 Å². The second-order valence-corrected chi connectivity index (χ2v) is 7.47. The van der Waals surface area contributed by atoms with Crippen LogP contribution in [-0.2, 0) is 19.7 Å². The number of rotatable bonds is 8. The van der Waals surface area contributed by atoms with Gasteiger partial charge in [-0.2, -0.15) is 10.2 Å². The zero-order valence-corrected chi connectivity index (χ0v) is 17.8. The first-order valence-electron chi connectivity index (χ1n) is 9.91. The van der Waals surface area contributed by atoms with E-state index in [4.69, 9.17) is 16.3 Å². The lowest BCUT2D eigenvalue weighted by Crippen LogP contribution is -2.12. The van der Waals surface area contributed by atoms with E-state index in [-0.39, 0.29) is 5.91 Å². The average molecular weight is 436 g/mol. The molecule has 2 aromatic carbocycles. The largest absolute Gasteiger partial charge is 0.489 e. The van der Waals surface area contributed by atoms with E-state index < -0.39 is 0 Å². The van der Waals surface area contributed by atoms with Gasteiger partial charge >= 0.3 is 0 Å². The van der Waals surface area contributed by atoms with E-state index in [0.717, 1.165) is 17.7 Å². The number of aromatic nitrogens is 4. The third-order valence-corrected chi connectivity index (χ3v) is 4.87.